The van der Waals surface area contributed by atoms with Crippen LogP contribution < -0.4 is 14.5 Å². The summed E-state index contributed by atoms with van der Waals surface area (Å²) >= 11 is 9.35. The summed E-state index contributed by atoms with van der Waals surface area (Å²) in [6.07, 6.45) is 1.77. The van der Waals surface area contributed by atoms with Crippen LogP contribution in [0, 0.1) is 0 Å². The molecule has 0 aliphatic carbocycles. The van der Waals surface area contributed by atoms with E-state index in [-0.39, 0.29) is 5.91 Å². The Morgan fingerprint density at radius 3 is 2.23 bits per heavy atom. The summed E-state index contributed by atoms with van der Waals surface area (Å²) in [5.41, 5.74) is 2.57. The number of carbonyl (C=O) groups excluding carboxylic acids is 1. The van der Waals surface area contributed by atoms with Gasteiger partial charge in [0.15, 0.2) is 0 Å². The summed E-state index contributed by atoms with van der Waals surface area (Å²) in [7, 11) is 3.15. The fraction of sp³-hybridized carbons (Fsp3) is 0.158. The number of amides is 1. The van der Waals surface area contributed by atoms with Gasteiger partial charge in [-0.25, -0.2) is 0 Å². The molecule has 26 heavy (non-hydrogen) atoms. The molecule has 0 unspecified atom stereocenters. The molecule has 1 amide bonds. The third-order valence-corrected chi connectivity index (χ3v) is 4.95. The molecule has 2 aromatic rings. The fourth-order valence-corrected chi connectivity index (χ4v) is 3.26. The molecule has 0 atom stereocenters. The minimum atomic E-state index is -0.203. The molecular formula is C19H16BrClN2O3. The minimum Gasteiger partial charge on any atom is -0.495 e. The molecule has 2 aromatic carbocycles. The normalized spacial score (nSPS) is 15.4. The molecule has 1 heterocycles. The molecule has 0 aromatic heterocycles. The number of carbonyl (C=O) groups is 1. The number of rotatable bonds is 4. The second-order valence-corrected chi connectivity index (χ2v) is 6.81. The number of nitrogens with zero attached hydrogens (tertiary/aromatic N) is 2. The van der Waals surface area contributed by atoms with Crippen molar-refractivity contribution in [1.29, 1.82) is 0 Å². The predicted octanol–water partition coefficient (Wildman–Crippen LogP) is 4.93. The van der Waals surface area contributed by atoms with Crippen LogP contribution in [0.25, 0.3) is 6.08 Å². The SMILES string of the molecule is COc1cc(/C=C2/C(=O)N(c3ccc(Cl)cc3)N=C2C)cc(OC)c1Br. The Morgan fingerprint density at radius 1 is 1.12 bits per heavy atom. The summed E-state index contributed by atoms with van der Waals surface area (Å²) in [6, 6.07) is 10.6. The first-order valence-corrected chi connectivity index (χ1v) is 8.90. The largest absolute Gasteiger partial charge is 0.495 e. The Balaban J connectivity index is 1.98. The molecule has 0 spiro atoms. The topological polar surface area (TPSA) is 51.1 Å². The number of hydrogen-bond donors (Lipinski definition) is 0. The van der Waals surface area contributed by atoms with E-state index in [1.54, 1.807) is 51.5 Å². The van der Waals surface area contributed by atoms with Crippen LogP contribution in [0.3, 0.4) is 0 Å². The maximum Gasteiger partial charge on any atom is 0.280 e. The first kappa shape index (κ1) is 18.5. The van der Waals surface area contributed by atoms with E-state index in [1.165, 1.54) is 5.01 Å². The molecular weight excluding hydrogens is 420 g/mol. The van der Waals surface area contributed by atoms with Crippen molar-refractivity contribution in [3.8, 4) is 11.5 Å². The standard InChI is InChI=1S/C19H16BrClN2O3/c1-11-15(8-12-9-16(25-2)18(20)17(10-12)26-3)19(24)23(22-11)14-6-4-13(21)5-7-14/h4-10H,1-3H3/b15-8+. The van der Waals surface area contributed by atoms with Crippen LogP contribution in [-0.2, 0) is 4.79 Å². The van der Waals surface area contributed by atoms with Crippen molar-refractivity contribution in [2.45, 2.75) is 6.92 Å². The molecule has 1 aliphatic rings. The van der Waals surface area contributed by atoms with Gasteiger partial charge >= 0.3 is 0 Å². The Hall–Kier alpha value is -2.31. The van der Waals surface area contributed by atoms with E-state index in [2.05, 4.69) is 21.0 Å². The zero-order valence-corrected chi connectivity index (χ0v) is 16.8. The Kier molecular flexibility index (Phi) is 5.34. The van der Waals surface area contributed by atoms with Crippen molar-refractivity contribution in [3.05, 3.63) is 57.0 Å². The Morgan fingerprint density at radius 2 is 1.69 bits per heavy atom. The highest BCUT2D eigenvalue weighted by molar-refractivity contribution is 9.10. The van der Waals surface area contributed by atoms with Crippen LogP contribution in [0.4, 0.5) is 5.69 Å². The fourth-order valence-electron chi connectivity index (χ4n) is 2.58. The van der Waals surface area contributed by atoms with Gasteiger partial charge in [-0.05, 0) is 70.9 Å². The highest BCUT2D eigenvalue weighted by Gasteiger charge is 2.28. The van der Waals surface area contributed by atoms with Gasteiger partial charge in [0, 0.05) is 5.02 Å². The van der Waals surface area contributed by atoms with E-state index in [0.29, 0.717) is 33.5 Å². The van der Waals surface area contributed by atoms with Crippen LogP contribution in [0.5, 0.6) is 11.5 Å². The Labute approximate surface area is 165 Å². The van der Waals surface area contributed by atoms with Crippen LogP contribution in [0.2, 0.25) is 5.02 Å². The van der Waals surface area contributed by atoms with Crippen molar-refractivity contribution >= 4 is 50.9 Å². The summed E-state index contributed by atoms with van der Waals surface area (Å²) in [5.74, 6) is 1.03. The van der Waals surface area contributed by atoms with Gasteiger partial charge in [-0.3, -0.25) is 4.79 Å². The van der Waals surface area contributed by atoms with Crippen molar-refractivity contribution in [2.24, 2.45) is 5.10 Å². The maximum atomic E-state index is 12.8. The molecule has 0 saturated heterocycles. The monoisotopic (exact) mass is 434 g/mol. The third kappa shape index (κ3) is 3.48. The number of benzene rings is 2. The quantitative estimate of drug-likeness (QED) is 0.640. The van der Waals surface area contributed by atoms with Crippen molar-refractivity contribution in [2.75, 3.05) is 19.2 Å². The first-order valence-electron chi connectivity index (χ1n) is 7.73. The van der Waals surface area contributed by atoms with E-state index < -0.39 is 0 Å². The van der Waals surface area contributed by atoms with Gasteiger partial charge in [0.25, 0.3) is 5.91 Å². The van der Waals surface area contributed by atoms with Gasteiger partial charge in [0.2, 0.25) is 0 Å². The molecule has 1 aliphatic heterocycles. The van der Waals surface area contributed by atoms with E-state index in [9.17, 15) is 4.79 Å². The highest BCUT2D eigenvalue weighted by atomic mass is 79.9. The number of hydrogen-bond acceptors (Lipinski definition) is 4. The first-order chi connectivity index (χ1) is 12.4. The molecule has 134 valence electrons. The van der Waals surface area contributed by atoms with Gasteiger partial charge in [-0.15, -0.1) is 0 Å². The van der Waals surface area contributed by atoms with Gasteiger partial charge in [-0.1, -0.05) is 11.6 Å². The molecule has 0 fully saturated rings. The van der Waals surface area contributed by atoms with E-state index in [0.717, 1.165) is 10.0 Å². The number of ether oxygens (including phenoxy) is 2. The highest BCUT2D eigenvalue weighted by Crippen LogP contribution is 2.36. The Bertz CT molecular complexity index is 898. The lowest BCUT2D eigenvalue weighted by molar-refractivity contribution is -0.114. The predicted molar refractivity (Wildman–Crippen MR) is 107 cm³/mol. The van der Waals surface area contributed by atoms with Gasteiger partial charge < -0.3 is 9.47 Å². The number of halogens is 2. The van der Waals surface area contributed by atoms with Crippen LogP contribution in [0.1, 0.15) is 12.5 Å². The lowest BCUT2D eigenvalue weighted by Crippen LogP contribution is -2.21. The molecule has 3 rings (SSSR count). The van der Waals surface area contributed by atoms with Crippen molar-refractivity contribution in [3.63, 3.8) is 0 Å². The third-order valence-electron chi connectivity index (χ3n) is 3.91. The van der Waals surface area contributed by atoms with E-state index in [1.807, 2.05) is 12.1 Å². The van der Waals surface area contributed by atoms with Crippen molar-refractivity contribution in [1.82, 2.24) is 0 Å². The zero-order valence-electron chi connectivity index (χ0n) is 14.4. The molecule has 0 bridgehead atoms. The lowest BCUT2D eigenvalue weighted by atomic mass is 10.1. The average molecular weight is 436 g/mol. The minimum absolute atomic E-state index is 0.203. The smallest absolute Gasteiger partial charge is 0.280 e. The number of anilines is 1. The van der Waals surface area contributed by atoms with Crippen LogP contribution in [-0.4, -0.2) is 25.8 Å². The van der Waals surface area contributed by atoms with Crippen molar-refractivity contribution < 1.29 is 14.3 Å². The average Bonchev–Trinajstić information content (AvgIpc) is 2.91. The molecule has 5 nitrogen and oxygen atoms in total. The molecule has 0 N–H and O–H groups in total. The second kappa shape index (κ2) is 7.51. The summed E-state index contributed by atoms with van der Waals surface area (Å²) in [4.78, 5) is 12.8. The summed E-state index contributed by atoms with van der Waals surface area (Å²) in [6.45, 7) is 1.80. The number of methoxy groups -OCH3 is 2. The summed E-state index contributed by atoms with van der Waals surface area (Å²) < 4.78 is 11.4. The molecule has 7 heteroatoms. The van der Waals surface area contributed by atoms with E-state index >= 15 is 0 Å². The van der Waals surface area contributed by atoms with Gasteiger partial charge in [-0.2, -0.15) is 10.1 Å². The van der Waals surface area contributed by atoms with Gasteiger partial charge in [0.05, 0.1) is 31.2 Å². The van der Waals surface area contributed by atoms with E-state index in [4.69, 9.17) is 21.1 Å². The van der Waals surface area contributed by atoms with Gasteiger partial charge in [0.1, 0.15) is 16.0 Å². The lowest BCUT2D eigenvalue weighted by Gasteiger charge is -2.12. The molecule has 0 radical (unpaired) electrons. The maximum absolute atomic E-state index is 12.8. The number of hydrazone groups is 1. The van der Waals surface area contributed by atoms with Crippen LogP contribution >= 0.6 is 27.5 Å². The summed E-state index contributed by atoms with van der Waals surface area (Å²) in [5, 5.41) is 6.34. The second-order valence-electron chi connectivity index (χ2n) is 5.58. The zero-order chi connectivity index (χ0) is 18.8. The van der Waals surface area contributed by atoms with Crippen LogP contribution in [0.15, 0.2) is 51.5 Å². The molecule has 0 saturated carbocycles.